The molecule has 0 amide bonds. The molecule has 21 heavy (non-hydrogen) atoms. The summed E-state index contributed by atoms with van der Waals surface area (Å²) in [6.07, 6.45) is 1.37. The van der Waals surface area contributed by atoms with Crippen LogP contribution in [0.2, 0.25) is 0 Å². The van der Waals surface area contributed by atoms with Crippen LogP contribution in [0.4, 0.5) is 0 Å². The lowest BCUT2D eigenvalue weighted by Gasteiger charge is -2.30. The Labute approximate surface area is 144 Å². The van der Waals surface area contributed by atoms with Gasteiger partial charge in [-0.15, -0.1) is 11.8 Å². The molecule has 3 unspecified atom stereocenters. The van der Waals surface area contributed by atoms with Crippen LogP contribution in [0.3, 0.4) is 0 Å². The number of aromatic nitrogens is 2. The zero-order valence-corrected chi connectivity index (χ0v) is 16.3. The summed E-state index contributed by atoms with van der Waals surface area (Å²) in [7, 11) is 0. The van der Waals surface area contributed by atoms with Crippen molar-refractivity contribution in [2.45, 2.75) is 62.8 Å². The predicted octanol–water partition coefficient (Wildman–Crippen LogP) is 3.97. The highest BCUT2D eigenvalue weighted by Gasteiger charge is 2.31. The smallest absolute Gasteiger partial charge is 0.152 e. The number of carbonyl (C=O) groups excluding carboxylic acids is 1. The highest BCUT2D eigenvalue weighted by molar-refractivity contribution is 9.10. The summed E-state index contributed by atoms with van der Waals surface area (Å²) in [4.78, 5) is 12.6. The Balaban J connectivity index is 2.11. The molecule has 0 aliphatic carbocycles. The van der Waals surface area contributed by atoms with E-state index in [0.29, 0.717) is 22.7 Å². The topological polar surface area (TPSA) is 34.9 Å². The van der Waals surface area contributed by atoms with E-state index in [1.807, 2.05) is 28.2 Å². The molecule has 118 valence electrons. The first-order chi connectivity index (χ1) is 9.97. The SMILES string of the molecule is CCc1nn(CC)c(CC(=O)C2CSC(C)C(C)S2)c1Br. The zero-order valence-electron chi connectivity index (χ0n) is 13.1. The molecule has 6 heteroatoms. The molecule has 0 aromatic carbocycles. The normalized spacial score (nSPS) is 26.0. The molecule has 1 aromatic heterocycles. The van der Waals surface area contributed by atoms with Gasteiger partial charge in [0, 0.05) is 22.8 Å². The second-order valence-electron chi connectivity index (χ2n) is 5.39. The minimum absolute atomic E-state index is 0.124. The van der Waals surface area contributed by atoms with Crippen LogP contribution in [0.25, 0.3) is 0 Å². The molecule has 1 aromatic rings. The summed E-state index contributed by atoms with van der Waals surface area (Å²) in [5.74, 6) is 1.28. The Morgan fingerprint density at radius 2 is 2.10 bits per heavy atom. The summed E-state index contributed by atoms with van der Waals surface area (Å²) in [6, 6.07) is 0. The molecule has 1 aliphatic heterocycles. The first-order valence-corrected chi connectivity index (χ1v) is 10.3. The van der Waals surface area contributed by atoms with E-state index in [4.69, 9.17) is 0 Å². The number of thioether (sulfide) groups is 2. The largest absolute Gasteiger partial charge is 0.298 e. The maximum absolute atomic E-state index is 12.6. The Hall–Kier alpha value is 0.0600. The molecule has 0 N–H and O–H groups in total. The van der Waals surface area contributed by atoms with E-state index in [1.165, 1.54) is 0 Å². The van der Waals surface area contributed by atoms with Gasteiger partial charge in [0.15, 0.2) is 5.78 Å². The Bertz CT molecular complexity index is 518. The van der Waals surface area contributed by atoms with Crippen LogP contribution in [0, 0.1) is 0 Å². The number of nitrogens with zero attached hydrogens (tertiary/aromatic N) is 2. The highest BCUT2D eigenvalue weighted by atomic mass is 79.9. The van der Waals surface area contributed by atoms with Crippen molar-refractivity contribution in [2.75, 3.05) is 5.75 Å². The predicted molar refractivity (Wildman–Crippen MR) is 96.5 cm³/mol. The molecule has 1 fully saturated rings. The average molecular weight is 391 g/mol. The molecule has 0 bridgehead atoms. The van der Waals surface area contributed by atoms with E-state index in [0.717, 1.165) is 34.6 Å². The van der Waals surface area contributed by atoms with E-state index in [9.17, 15) is 4.79 Å². The van der Waals surface area contributed by atoms with Crippen LogP contribution < -0.4 is 0 Å². The summed E-state index contributed by atoms with van der Waals surface area (Å²) >= 11 is 7.39. The fourth-order valence-electron chi connectivity index (χ4n) is 2.42. The quantitative estimate of drug-likeness (QED) is 0.761. The average Bonchev–Trinajstić information content (AvgIpc) is 2.78. The van der Waals surface area contributed by atoms with Crippen LogP contribution in [0.15, 0.2) is 4.47 Å². The maximum atomic E-state index is 12.6. The summed E-state index contributed by atoms with van der Waals surface area (Å²) in [5.41, 5.74) is 2.09. The third-order valence-electron chi connectivity index (χ3n) is 3.95. The van der Waals surface area contributed by atoms with E-state index >= 15 is 0 Å². The third-order valence-corrected chi connectivity index (χ3v) is 8.30. The molecule has 0 radical (unpaired) electrons. The molecule has 0 spiro atoms. The molecule has 1 saturated heterocycles. The fraction of sp³-hybridized carbons (Fsp3) is 0.733. The van der Waals surface area contributed by atoms with Crippen LogP contribution in [0.5, 0.6) is 0 Å². The molecule has 1 aliphatic rings. The number of carbonyl (C=O) groups is 1. The maximum Gasteiger partial charge on any atom is 0.152 e. The highest BCUT2D eigenvalue weighted by Crippen LogP contribution is 2.36. The van der Waals surface area contributed by atoms with Gasteiger partial charge in [0.25, 0.3) is 0 Å². The third kappa shape index (κ3) is 3.88. The first kappa shape index (κ1) is 17.4. The van der Waals surface area contributed by atoms with Gasteiger partial charge in [-0.1, -0.05) is 20.8 Å². The fourth-order valence-corrected chi connectivity index (χ4v) is 6.01. The van der Waals surface area contributed by atoms with Gasteiger partial charge in [-0.05, 0) is 29.3 Å². The van der Waals surface area contributed by atoms with Gasteiger partial charge >= 0.3 is 0 Å². The van der Waals surface area contributed by atoms with Gasteiger partial charge in [-0.3, -0.25) is 9.48 Å². The number of ketones is 1. The van der Waals surface area contributed by atoms with Crippen LogP contribution in [-0.4, -0.2) is 37.1 Å². The number of hydrogen-bond donors (Lipinski definition) is 0. The standard InChI is InChI=1S/C15H23BrN2OS2/c1-5-11-15(16)12(18(6-2)17-11)7-13(19)14-8-20-9(3)10(4)21-14/h9-10,14H,5-8H2,1-4H3. The van der Waals surface area contributed by atoms with Crippen LogP contribution in [-0.2, 0) is 24.2 Å². The number of aryl methyl sites for hydroxylation is 2. The number of hydrogen-bond acceptors (Lipinski definition) is 4. The second-order valence-corrected chi connectivity index (χ2v) is 9.18. The minimum Gasteiger partial charge on any atom is -0.298 e. The van der Waals surface area contributed by atoms with E-state index in [2.05, 4.69) is 48.7 Å². The van der Waals surface area contributed by atoms with Crippen molar-refractivity contribution < 1.29 is 4.79 Å². The Morgan fingerprint density at radius 1 is 1.38 bits per heavy atom. The molecule has 3 nitrogen and oxygen atoms in total. The van der Waals surface area contributed by atoms with Crippen LogP contribution in [0.1, 0.15) is 39.1 Å². The summed E-state index contributed by atoms with van der Waals surface area (Å²) in [5, 5.41) is 5.88. The van der Waals surface area contributed by atoms with Crippen molar-refractivity contribution >= 4 is 45.2 Å². The lowest BCUT2D eigenvalue weighted by atomic mass is 10.1. The van der Waals surface area contributed by atoms with Crippen molar-refractivity contribution in [3.63, 3.8) is 0 Å². The zero-order chi connectivity index (χ0) is 15.6. The lowest BCUT2D eigenvalue weighted by Crippen LogP contribution is -2.32. The molecule has 2 rings (SSSR count). The molecule has 3 atom stereocenters. The van der Waals surface area contributed by atoms with E-state index in [-0.39, 0.29) is 5.25 Å². The lowest BCUT2D eigenvalue weighted by molar-refractivity contribution is -0.117. The minimum atomic E-state index is 0.124. The van der Waals surface area contributed by atoms with Gasteiger partial charge in [-0.25, -0.2) is 0 Å². The number of Topliss-reactive ketones (excluding diaryl/α,β-unsaturated/α-hetero) is 1. The molecular weight excluding hydrogens is 368 g/mol. The number of halogens is 1. The summed E-state index contributed by atoms with van der Waals surface area (Å²) < 4.78 is 2.99. The second kappa shape index (κ2) is 7.55. The van der Waals surface area contributed by atoms with Crippen molar-refractivity contribution in [3.05, 3.63) is 15.9 Å². The molecule has 2 heterocycles. The van der Waals surface area contributed by atoms with Crippen molar-refractivity contribution in [1.82, 2.24) is 9.78 Å². The Morgan fingerprint density at radius 3 is 2.67 bits per heavy atom. The van der Waals surface area contributed by atoms with Crippen molar-refractivity contribution in [3.8, 4) is 0 Å². The first-order valence-electron chi connectivity index (χ1n) is 7.51. The van der Waals surface area contributed by atoms with Gasteiger partial charge in [0.05, 0.1) is 27.5 Å². The van der Waals surface area contributed by atoms with Gasteiger partial charge < -0.3 is 0 Å². The summed E-state index contributed by atoms with van der Waals surface area (Å²) in [6.45, 7) is 9.45. The van der Waals surface area contributed by atoms with E-state index < -0.39 is 0 Å². The van der Waals surface area contributed by atoms with Gasteiger partial charge in [0.2, 0.25) is 0 Å². The van der Waals surface area contributed by atoms with Crippen molar-refractivity contribution in [2.24, 2.45) is 0 Å². The van der Waals surface area contributed by atoms with Gasteiger partial charge in [-0.2, -0.15) is 16.9 Å². The van der Waals surface area contributed by atoms with E-state index in [1.54, 1.807) is 0 Å². The van der Waals surface area contributed by atoms with Gasteiger partial charge in [0.1, 0.15) is 0 Å². The molecular formula is C15H23BrN2OS2. The van der Waals surface area contributed by atoms with Crippen LogP contribution >= 0.6 is 39.5 Å². The Kier molecular flexibility index (Phi) is 6.26. The number of rotatable bonds is 5. The molecule has 0 saturated carbocycles. The van der Waals surface area contributed by atoms with Crippen molar-refractivity contribution in [1.29, 1.82) is 0 Å². The monoisotopic (exact) mass is 390 g/mol.